The molecule has 3 heteroatoms. The molecule has 2 aromatic carbocycles. The number of fused-ring (bicyclic) bond motifs is 1. The summed E-state index contributed by atoms with van der Waals surface area (Å²) in [5.74, 6) is -0.399. The summed E-state index contributed by atoms with van der Waals surface area (Å²) in [5.41, 5.74) is 6.70. The molecule has 0 fully saturated rings. The van der Waals surface area contributed by atoms with Crippen LogP contribution < -0.4 is 5.73 Å². The van der Waals surface area contributed by atoms with Crippen LogP contribution in [0.4, 0.5) is 0 Å². The maximum absolute atomic E-state index is 11.1. The van der Waals surface area contributed by atoms with Gasteiger partial charge in [0.15, 0.2) is 0 Å². The first kappa shape index (κ1) is 9.99. The van der Waals surface area contributed by atoms with E-state index in [0.29, 0.717) is 10.6 Å². The molecule has 76 valence electrons. The Balaban J connectivity index is 2.76. The molecule has 0 unspecified atom stereocenters. The van der Waals surface area contributed by atoms with Gasteiger partial charge in [-0.3, -0.25) is 4.79 Å². The zero-order valence-electron chi connectivity index (χ0n) is 8.25. The van der Waals surface area contributed by atoms with Gasteiger partial charge in [-0.15, -0.1) is 0 Å². The summed E-state index contributed by atoms with van der Waals surface area (Å²) in [6, 6.07) is 9.26. The van der Waals surface area contributed by atoms with Gasteiger partial charge in [-0.25, -0.2) is 0 Å². The molecule has 0 aromatic heterocycles. The van der Waals surface area contributed by atoms with E-state index in [1.165, 1.54) is 0 Å². The van der Waals surface area contributed by atoms with E-state index in [1.807, 2.05) is 25.1 Å². The molecule has 0 radical (unpaired) electrons. The fraction of sp³-hybridized carbons (Fsp3) is 0.0833. The van der Waals surface area contributed by atoms with Crippen molar-refractivity contribution >= 4 is 28.3 Å². The van der Waals surface area contributed by atoms with E-state index in [-0.39, 0.29) is 0 Å². The maximum atomic E-state index is 11.1. The topological polar surface area (TPSA) is 43.1 Å². The second-order valence-electron chi connectivity index (χ2n) is 3.52. The lowest BCUT2D eigenvalue weighted by Crippen LogP contribution is -2.12. The molecule has 2 nitrogen and oxygen atoms in total. The average Bonchev–Trinajstić information content (AvgIpc) is 2.15. The molecule has 0 saturated heterocycles. The van der Waals surface area contributed by atoms with Crippen LogP contribution in [0.15, 0.2) is 30.3 Å². The van der Waals surface area contributed by atoms with Crippen LogP contribution in [0.2, 0.25) is 5.02 Å². The number of nitrogens with two attached hydrogens (primary N) is 1. The minimum Gasteiger partial charge on any atom is -0.366 e. The third-order valence-corrected chi connectivity index (χ3v) is 2.65. The summed E-state index contributed by atoms with van der Waals surface area (Å²) in [6.07, 6.45) is 0. The molecule has 0 spiro atoms. The van der Waals surface area contributed by atoms with Crippen LogP contribution in [-0.4, -0.2) is 5.91 Å². The van der Waals surface area contributed by atoms with Crippen LogP contribution in [0, 0.1) is 6.92 Å². The van der Waals surface area contributed by atoms with Gasteiger partial charge in [0.05, 0.1) is 0 Å². The molecule has 15 heavy (non-hydrogen) atoms. The van der Waals surface area contributed by atoms with Gasteiger partial charge >= 0.3 is 0 Å². The first-order chi connectivity index (χ1) is 7.08. The summed E-state index contributed by atoms with van der Waals surface area (Å²) in [4.78, 5) is 11.1. The summed E-state index contributed by atoms with van der Waals surface area (Å²) >= 11 is 5.88. The van der Waals surface area contributed by atoms with Crippen molar-refractivity contribution in [2.75, 3.05) is 0 Å². The van der Waals surface area contributed by atoms with Crippen LogP contribution in [-0.2, 0) is 0 Å². The number of aryl methyl sites for hydroxylation is 1. The van der Waals surface area contributed by atoms with Gasteiger partial charge in [0.1, 0.15) is 0 Å². The molecular formula is C12H10ClNO. The number of primary amides is 1. The fourth-order valence-corrected chi connectivity index (χ4v) is 1.83. The highest BCUT2D eigenvalue weighted by Crippen LogP contribution is 2.22. The predicted molar refractivity (Wildman–Crippen MR) is 62.2 cm³/mol. The van der Waals surface area contributed by atoms with Crippen LogP contribution in [0.25, 0.3) is 10.8 Å². The Kier molecular flexibility index (Phi) is 2.37. The molecule has 0 aliphatic heterocycles. The van der Waals surface area contributed by atoms with E-state index in [4.69, 9.17) is 17.3 Å². The standard InChI is InChI=1S/C12H10ClNO/c1-7-4-9-5-10(13)3-2-8(9)6-11(7)12(14)15/h2-6H,1H3,(H2,14,15). The fourth-order valence-electron chi connectivity index (χ4n) is 1.65. The SMILES string of the molecule is Cc1cc2cc(Cl)ccc2cc1C(N)=O. The second-order valence-corrected chi connectivity index (χ2v) is 3.96. The Bertz CT molecular complexity index is 549. The van der Waals surface area contributed by atoms with E-state index < -0.39 is 5.91 Å². The van der Waals surface area contributed by atoms with E-state index in [2.05, 4.69) is 0 Å². The summed E-state index contributed by atoms with van der Waals surface area (Å²) in [6.45, 7) is 1.86. The quantitative estimate of drug-likeness (QED) is 0.788. The number of hydrogen-bond acceptors (Lipinski definition) is 1. The van der Waals surface area contributed by atoms with E-state index in [0.717, 1.165) is 16.3 Å². The lowest BCUT2D eigenvalue weighted by Gasteiger charge is -2.05. The smallest absolute Gasteiger partial charge is 0.248 e. The third-order valence-electron chi connectivity index (χ3n) is 2.41. The van der Waals surface area contributed by atoms with Crippen LogP contribution >= 0.6 is 11.6 Å². The van der Waals surface area contributed by atoms with Gasteiger partial charge in [0.25, 0.3) is 0 Å². The number of carbonyl (C=O) groups is 1. The molecule has 0 heterocycles. The minimum absolute atomic E-state index is 0.399. The maximum Gasteiger partial charge on any atom is 0.248 e. The number of amides is 1. The highest BCUT2D eigenvalue weighted by molar-refractivity contribution is 6.31. The van der Waals surface area contributed by atoms with Gasteiger partial charge in [0.2, 0.25) is 5.91 Å². The highest BCUT2D eigenvalue weighted by atomic mass is 35.5. The van der Waals surface area contributed by atoms with E-state index in [1.54, 1.807) is 12.1 Å². The molecule has 2 N–H and O–H groups in total. The Hall–Kier alpha value is -1.54. The molecule has 0 bridgehead atoms. The Morgan fingerprint density at radius 1 is 1.20 bits per heavy atom. The summed E-state index contributed by atoms with van der Waals surface area (Å²) < 4.78 is 0. The molecule has 0 aliphatic carbocycles. The molecule has 2 aromatic rings. The van der Waals surface area contributed by atoms with Crippen molar-refractivity contribution in [3.8, 4) is 0 Å². The van der Waals surface area contributed by atoms with Crippen molar-refractivity contribution in [1.29, 1.82) is 0 Å². The van der Waals surface area contributed by atoms with Gasteiger partial charge in [-0.05, 0) is 41.5 Å². The molecule has 0 saturated carbocycles. The van der Waals surface area contributed by atoms with Gasteiger partial charge in [0, 0.05) is 10.6 Å². The Morgan fingerprint density at radius 2 is 1.93 bits per heavy atom. The van der Waals surface area contributed by atoms with E-state index in [9.17, 15) is 4.79 Å². The molecule has 0 aliphatic rings. The van der Waals surface area contributed by atoms with Gasteiger partial charge in [-0.2, -0.15) is 0 Å². The zero-order chi connectivity index (χ0) is 11.0. The predicted octanol–water partition coefficient (Wildman–Crippen LogP) is 2.90. The van der Waals surface area contributed by atoms with Crippen LogP contribution in [0.3, 0.4) is 0 Å². The van der Waals surface area contributed by atoms with Crippen molar-refractivity contribution in [3.63, 3.8) is 0 Å². The Morgan fingerprint density at radius 3 is 2.60 bits per heavy atom. The average molecular weight is 220 g/mol. The first-order valence-electron chi connectivity index (χ1n) is 4.57. The first-order valence-corrected chi connectivity index (χ1v) is 4.95. The number of halogens is 1. The minimum atomic E-state index is -0.399. The van der Waals surface area contributed by atoms with Crippen molar-refractivity contribution in [2.45, 2.75) is 6.92 Å². The van der Waals surface area contributed by atoms with Gasteiger partial charge < -0.3 is 5.73 Å². The Labute approximate surface area is 92.6 Å². The van der Waals surface area contributed by atoms with E-state index >= 15 is 0 Å². The monoisotopic (exact) mass is 219 g/mol. The lowest BCUT2D eigenvalue weighted by atomic mass is 10.0. The van der Waals surface area contributed by atoms with Crippen LogP contribution in [0.1, 0.15) is 15.9 Å². The van der Waals surface area contributed by atoms with Crippen molar-refractivity contribution < 1.29 is 4.79 Å². The normalized spacial score (nSPS) is 10.5. The summed E-state index contributed by atoms with van der Waals surface area (Å²) in [7, 11) is 0. The van der Waals surface area contributed by atoms with Crippen molar-refractivity contribution in [1.82, 2.24) is 0 Å². The zero-order valence-corrected chi connectivity index (χ0v) is 9.01. The third kappa shape index (κ3) is 1.81. The lowest BCUT2D eigenvalue weighted by molar-refractivity contribution is 0.1000. The summed E-state index contributed by atoms with van der Waals surface area (Å²) in [5, 5.41) is 2.68. The van der Waals surface area contributed by atoms with Gasteiger partial charge in [-0.1, -0.05) is 23.7 Å². The molecule has 2 rings (SSSR count). The van der Waals surface area contributed by atoms with Crippen LogP contribution in [0.5, 0.6) is 0 Å². The number of hydrogen-bond donors (Lipinski definition) is 1. The number of carbonyl (C=O) groups excluding carboxylic acids is 1. The highest BCUT2D eigenvalue weighted by Gasteiger charge is 2.06. The van der Waals surface area contributed by atoms with Crippen molar-refractivity contribution in [2.24, 2.45) is 5.73 Å². The van der Waals surface area contributed by atoms with Crippen molar-refractivity contribution in [3.05, 3.63) is 46.5 Å². The second kappa shape index (κ2) is 3.55. The molecule has 1 amide bonds. The largest absolute Gasteiger partial charge is 0.366 e. The molecular weight excluding hydrogens is 210 g/mol. The molecule has 0 atom stereocenters. The number of benzene rings is 2. The number of rotatable bonds is 1.